The van der Waals surface area contributed by atoms with Crippen molar-refractivity contribution in [1.29, 1.82) is 5.26 Å². The zero-order valence-corrected chi connectivity index (χ0v) is 20.5. The number of carbonyl (C=O) groups is 1. The Balaban J connectivity index is 1.45. The smallest absolute Gasteiger partial charge is 0.279 e. The Morgan fingerprint density at radius 3 is 2.74 bits per heavy atom. The number of nitrogens with zero attached hydrogens (tertiary/aromatic N) is 7. The fourth-order valence-electron chi connectivity index (χ4n) is 3.99. The molecule has 1 saturated carbocycles. The van der Waals surface area contributed by atoms with Crippen molar-refractivity contribution in [2.24, 2.45) is 11.3 Å². The lowest BCUT2D eigenvalue weighted by Gasteiger charge is -2.26. The summed E-state index contributed by atoms with van der Waals surface area (Å²) in [7, 11) is -0.637. The van der Waals surface area contributed by atoms with Crippen LogP contribution in [0.1, 0.15) is 33.1 Å². The maximum atomic E-state index is 13.1. The minimum Gasteiger partial charge on any atom is -0.321 e. The van der Waals surface area contributed by atoms with Crippen LogP contribution in [0.3, 0.4) is 0 Å². The Morgan fingerprint density at radius 1 is 1.35 bits per heavy atom. The molecule has 3 heterocycles. The predicted octanol–water partition coefficient (Wildman–Crippen LogP) is 1.20. The number of hydrogen-bond acceptors (Lipinski definition) is 8. The minimum atomic E-state index is -3.56. The van der Waals surface area contributed by atoms with Crippen molar-refractivity contribution >= 4 is 33.6 Å². The third-order valence-corrected chi connectivity index (χ3v) is 7.85. The summed E-state index contributed by atoms with van der Waals surface area (Å²) in [6.45, 7) is 4.31. The van der Waals surface area contributed by atoms with Crippen molar-refractivity contribution < 1.29 is 13.2 Å². The average molecular weight is 488 g/mol. The quantitative estimate of drug-likeness (QED) is 0.536. The highest BCUT2D eigenvalue weighted by molar-refractivity contribution is 7.87. The van der Waals surface area contributed by atoms with E-state index in [0.717, 1.165) is 17.1 Å². The number of carbonyl (C=O) groups excluding carboxylic acids is 1. The summed E-state index contributed by atoms with van der Waals surface area (Å²) in [5.74, 6) is 0.700. The first kappa shape index (κ1) is 24.1. The Hall–Kier alpha value is -3.08. The van der Waals surface area contributed by atoms with Gasteiger partial charge in [-0.25, -0.2) is 4.98 Å². The van der Waals surface area contributed by atoms with E-state index in [1.54, 1.807) is 34.2 Å². The molecule has 1 aliphatic carbocycles. The first-order chi connectivity index (χ1) is 16.0. The van der Waals surface area contributed by atoms with Gasteiger partial charge < -0.3 is 5.32 Å². The van der Waals surface area contributed by atoms with Crippen LogP contribution in [0.25, 0.3) is 0 Å². The Kier molecular flexibility index (Phi) is 6.09. The van der Waals surface area contributed by atoms with Gasteiger partial charge in [0.1, 0.15) is 11.2 Å². The molecule has 34 heavy (non-hydrogen) atoms. The van der Waals surface area contributed by atoms with Crippen molar-refractivity contribution in [1.82, 2.24) is 28.8 Å². The second-order valence-electron chi connectivity index (χ2n) is 9.52. The van der Waals surface area contributed by atoms with Crippen molar-refractivity contribution in [3.63, 3.8) is 0 Å². The van der Waals surface area contributed by atoms with Gasteiger partial charge in [0.2, 0.25) is 11.9 Å². The number of aromatic nitrogens is 4. The van der Waals surface area contributed by atoms with Gasteiger partial charge in [0.25, 0.3) is 10.2 Å². The van der Waals surface area contributed by atoms with Crippen LogP contribution in [0.5, 0.6) is 0 Å². The molecule has 1 atom stereocenters. The van der Waals surface area contributed by atoms with E-state index in [2.05, 4.69) is 31.2 Å². The van der Waals surface area contributed by atoms with Gasteiger partial charge in [0.05, 0.1) is 23.5 Å². The molecule has 0 aromatic carbocycles. The Morgan fingerprint density at radius 2 is 2.09 bits per heavy atom. The van der Waals surface area contributed by atoms with Gasteiger partial charge >= 0.3 is 0 Å². The van der Waals surface area contributed by atoms with Gasteiger partial charge in [-0.2, -0.15) is 32.8 Å². The molecule has 2 fully saturated rings. The topological polar surface area (TPSA) is 149 Å². The lowest BCUT2D eigenvalue weighted by atomic mass is 9.83. The van der Waals surface area contributed by atoms with E-state index in [0.29, 0.717) is 24.5 Å². The van der Waals surface area contributed by atoms with E-state index in [1.165, 1.54) is 14.1 Å². The zero-order chi connectivity index (χ0) is 24.7. The average Bonchev–Trinajstić information content (AvgIpc) is 3.44. The van der Waals surface area contributed by atoms with Gasteiger partial charge in [0, 0.05) is 39.6 Å². The molecule has 1 saturated heterocycles. The minimum absolute atomic E-state index is 0.138. The molecule has 2 N–H and O–H groups in total. The molecule has 1 aliphatic heterocycles. The highest BCUT2D eigenvalue weighted by Gasteiger charge is 2.57. The van der Waals surface area contributed by atoms with Crippen LogP contribution in [0.4, 0.5) is 17.5 Å². The molecule has 182 valence electrons. The number of anilines is 3. The summed E-state index contributed by atoms with van der Waals surface area (Å²) in [6, 6.07) is 3.94. The van der Waals surface area contributed by atoms with Crippen LogP contribution in [0.2, 0.25) is 0 Å². The molecule has 0 spiro atoms. The van der Waals surface area contributed by atoms with Crippen molar-refractivity contribution in [3.05, 3.63) is 24.7 Å². The first-order valence-corrected chi connectivity index (χ1v) is 12.5. The third kappa shape index (κ3) is 4.48. The molecule has 0 unspecified atom stereocenters. The van der Waals surface area contributed by atoms with Crippen molar-refractivity contribution in [3.8, 4) is 6.07 Å². The number of rotatable bonds is 9. The van der Waals surface area contributed by atoms with Crippen molar-refractivity contribution in [2.45, 2.75) is 38.6 Å². The molecule has 12 nitrogen and oxygen atoms in total. The van der Waals surface area contributed by atoms with E-state index in [4.69, 9.17) is 0 Å². The number of amides is 1. The lowest BCUT2D eigenvalue weighted by Crippen LogP contribution is -2.44. The first-order valence-electron chi connectivity index (χ1n) is 11.0. The van der Waals surface area contributed by atoms with Gasteiger partial charge in [-0.1, -0.05) is 0 Å². The fourth-order valence-corrected chi connectivity index (χ4v) is 4.78. The lowest BCUT2D eigenvalue weighted by molar-refractivity contribution is -0.123. The molecule has 2 aromatic rings. The number of nitrogens with one attached hydrogen (secondary N) is 2. The van der Waals surface area contributed by atoms with Gasteiger partial charge in [-0.15, -0.1) is 0 Å². The summed E-state index contributed by atoms with van der Waals surface area (Å²) < 4.78 is 29.4. The predicted molar refractivity (Wildman–Crippen MR) is 125 cm³/mol. The number of nitriles is 1. The Labute approximate surface area is 199 Å². The molecule has 2 aliphatic rings. The molecule has 13 heteroatoms. The SMILES string of the molecule is CN(C)S(=O)(=O)NCC(C)(C)n1cc(Nc2nccc(N3CC[C@@](C#N)(C4CC4)C3=O)n2)cn1. The molecular formula is C21H29N9O3S. The highest BCUT2D eigenvalue weighted by atomic mass is 32.2. The molecule has 1 amide bonds. The summed E-state index contributed by atoms with van der Waals surface area (Å²) in [5.41, 5.74) is -0.964. The van der Waals surface area contributed by atoms with Crippen LogP contribution in [-0.4, -0.2) is 65.6 Å². The third-order valence-electron chi connectivity index (χ3n) is 6.37. The summed E-state index contributed by atoms with van der Waals surface area (Å²) in [4.78, 5) is 23.3. The van der Waals surface area contributed by atoms with Gasteiger partial charge in [0.15, 0.2) is 0 Å². The maximum absolute atomic E-state index is 13.1. The summed E-state index contributed by atoms with van der Waals surface area (Å²) in [5, 5.41) is 17.1. The van der Waals surface area contributed by atoms with E-state index < -0.39 is 21.2 Å². The van der Waals surface area contributed by atoms with Crippen LogP contribution in [0.15, 0.2) is 24.7 Å². The van der Waals surface area contributed by atoms with Gasteiger partial charge in [-0.05, 0) is 45.1 Å². The normalized spacial score (nSPS) is 21.2. The summed E-state index contributed by atoms with van der Waals surface area (Å²) in [6.07, 6.45) is 7.23. The van der Waals surface area contributed by atoms with E-state index in [1.807, 2.05) is 13.8 Å². The van der Waals surface area contributed by atoms with E-state index in [9.17, 15) is 18.5 Å². The number of hydrogen-bond donors (Lipinski definition) is 2. The molecular weight excluding hydrogens is 458 g/mol. The fraction of sp³-hybridized carbons (Fsp3) is 0.571. The second-order valence-corrected chi connectivity index (χ2v) is 11.5. The maximum Gasteiger partial charge on any atom is 0.279 e. The largest absolute Gasteiger partial charge is 0.321 e. The monoisotopic (exact) mass is 487 g/mol. The molecule has 0 radical (unpaired) electrons. The van der Waals surface area contributed by atoms with Crippen LogP contribution in [0, 0.1) is 22.7 Å². The van der Waals surface area contributed by atoms with Crippen LogP contribution < -0.4 is 14.9 Å². The van der Waals surface area contributed by atoms with Crippen molar-refractivity contribution in [2.75, 3.05) is 37.4 Å². The van der Waals surface area contributed by atoms with Crippen LogP contribution >= 0.6 is 0 Å². The Bertz CT molecular complexity index is 1230. The second kappa shape index (κ2) is 8.61. The molecule has 4 rings (SSSR count). The zero-order valence-electron chi connectivity index (χ0n) is 19.7. The van der Waals surface area contributed by atoms with E-state index >= 15 is 0 Å². The van der Waals surface area contributed by atoms with E-state index in [-0.39, 0.29) is 24.3 Å². The highest BCUT2D eigenvalue weighted by Crippen LogP contribution is 2.51. The molecule has 2 aromatic heterocycles. The molecule has 0 bridgehead atoms. The van der Waals surface area contributed by atoms with Crippen LogP contribution in [-0.2, 0) is 20.5 Å². The summed E-state index contributed by atoms with van der Waals surface area (Å²) >= 11 is 0. The van der Waals surface area contributed by atoms with Gasteiger partial charge in [-0.3, -0.25) is 14.4 Å². The standard InChI is InChI=1S/C21H29N9O3S/c1-20(2,14-25-34(32,33)28(3)4)30-12-16(11-24-30)26-19-23-9-7-17(27-19)29-10-8-21(13-22,18(29)31)15-5-6-15/h7,9,11-12,15,25H,5-6,8,10,14H2,1-4H3,(H,23,26,27)/t21-/m1/s1.